The Hall–Kier alpha value is -3.69. The lowest BCUT2D eigenvalue weighted by Gasteiger charge is -2.42. The van der Waals surface area contributed by atoms with Gasteiger partial charge in [-0.1, -0.05) is 79.7 Å². The lowest BCUT2D eigenvalue weighted by atomic mass is 9.86. The molecule has 0 aromatic heterocycles. The average molecular weight is 510 g/mol. The third-order valence-electron chi connectivity index (χ3n) is 6.94. The van der Waals surface area contributed by atoms with Gasteiger partial charge >= 0.3 is 0 Å². The SMILES string of the molecule is CCCCc1ccc(N2CSC3=C(C#N)[C@@H](c4ccc(OCc5ccccc5)cc4)CC(=O)N3C2)cc1. The van der Waals surface area contributed by atoms with E-state index in [1.807, 2.05) is 54.6 Å². The van der Waals surface area contributed by atoms with Gasteiger partial charge < -0.3 is 9.64 Å². The van der Waals surface area contributed by atoms with Crippen LogP contribution >= 0.6 is 11.8 Å². The largest absolute Gasteiger partial charge is 0.489 e. The van der Waals surface area contributed by atoms with E-state index in [-0.39, 0.29) is 11.8 Å². The maximum atomic E-state index is 13.3. The number of aryl methyl sites for hydroxylation is 1. The van der Waals surface area contributed by atoms with E-state index < -0.39 is 0 Å². The Kier molecular flexibility index (Phi) is 7.82. The number of thioether (sulfide) groups is 1. The highest BCUT2D eigenvalue weighted by Gasteiger charge is 2.38. The number of carbonyl (C=O) groups is 1. The van der Waals surface area contributed by atoms with Gasteiger partial charge in [-0.2, -0.15) is 5.26 Å². The molecule has 0 saturated carbocycles. The minimum atomic E-state index is -0.233. The van der Waals surface area contributed by atoms with Crippen molar-refractivity contribution >= 4 is 23.4 Å². The van der Waals surface area contributed by atoms with Gasteiger partial charge in [0.1, 0.15) is 12.4 Å². The topological polar surface area (TPSA) is 56.6 Å². The zero-order valence-corrected chi connectivity index (χ0v) is 21.9. The van der Waals surface area contributed by atoms with Crippen LogP contribution in [0.1, 0.15) is 48.8 Å². The molecule has 0 aliphatic carbocycles. The highest BCUT2D eigenvalue weighted by atomic mass is 32.2. The Bertz CT molecular complexity index is 1300. The van der Waals surface area contributed by atoms with Crippen LogP contribution in [0.2, 0.25) is 0 Å². The van der Waals surface area contributed by atoms with Gasteiger partial charge in [-0.25, -0.2) is 0 Å². The molecule has 5 nitrogen and oxygen atoms in total. The Labute approximate surface area is 223 Å². The van der Waals surface area contributed by atoms with Gasteiger partial charge in [-0.05, 0) is 53.8 Å². The summed E-state index contributed by atoms with van der Waals surface area (Å²) in [4.78, 5) is 17.2. The first-order chi connectivity index (χ1) is 18.2. The van der Waals surface area contributed by atoms with Crippen molar-refractivity contribution in [2.75, 3.05) is 17.4 Å². The fraction of sp³-hybridized carbons (Fsp3) is 0.290. The van der Waals surface area contributed by atoms with Crippen LogP contribution < -0.4 is 9.64 Å². The molecule has 5 rings (SSSR count). The molecule has 0 bridgehead atoms. The predicted octanol–water partition coefficient (Wildman–Crippen LogP) is 6.83. The number of nitrogens with zero attached hydrogens (tertiary/aromatic N) is 3. The number of rotatable bonds is 8. The molecule has 1 fully saturated rings. The summed E-state index contributed by atoms with van der Waals surface area (Å²) in [5.41, 5.74) is 5.20. The number of benzene rings is 3. The molecule has 1 amide bonds. The highest BCUT2D eigenvalue weighted by Crippen LogP contribution is 2.43. The van der Waals surface area contributed by atoms with Crippen molar-refractivity contribution in [3.8, 4) is 11.8 Å². The molecule has 1 atom stereocenters. The molecular weight excluding hydrogens is 478 g/mol. The molecule has 3 aromatic rings. The molecule has 37 heavy (non-hydrogen) atoms. The number of hydrogen-bond donors (Lipinski definition) is 0. The van der Waals surface area contributed by atoms with Gasteiger partial charge in [-0.15, -0.1) is 0 Å². The first-order valence-corrected chi connectivity index (χ1v) is 13.8. The summed E-state index contributed by atoms with van der Waals surface area (Å²) < 4.78 is 5.91. The molecule has 2 aliphatic heterocycles. The lowest BCUT2D eigenvalue weighted by molar-refractivity contribution is -0.129. The number of carbonyl (C=O) groups excluding carboxylic acids is 1. The quantitative estimate of drug-likeness (QED) is 0.333. The predicted molar refractivity (Wildman–Crippen MR) is 149 cm³/mol. The van der Waals surface area contributed by atoms with E-state index in [9.17, 15) is 10.1 Å². The second kappa shape index (κ2) is 11.6. The number of fused-ring (bicyclic) bond motifs is 1. The van der Waals surface area contributed by atoms with Crippen LogP contribution in [-0.2, 0) is 17.8 Å². The third-order valence-corrected chi connectivity index (χ3v) is 8.10. The Balaban J connectivity index is 1.29. The minimum Gasteiger partial charge on any atom is -0.489 e. The minimum absolute atomic E-state index is 0.0557. The Morgan fingerprint density at radius 3 is 2.46 bits per heavy atom. The fourth-order valence-corrected chi connectivity index (χ4v) is 5.97. The molecular formula is C31H31N3O2S. The highest BCUT2D eigenvalue weighted by molar-refractivity contribution is 8.03. The number of ether oxygens (including phenoxy) is 1. The number of nitriles is 1. The van der Waals surface area contributed by atoms with Gasteiger partial charge in [-0.3, -0.25) is 9.69 Å². The first kappa shape index (κ1) is 25.0. The second-order valence-electron chi connectivity index (χ2n) is 9.48. The molecule has 2 heterocycles. The molecule has 2 aliphatic rings. The molecule has 188 valence electrons. The smallest absolute Gasteiger partial charge is 0.229 e. The fourth-order valence-electron chi connectivity index (χ4n) is 4.80. The van der Waals surface area contributed by atoms with Crippen LogP contribution in [0.5, 0.6) is 5.75 Å². The molecule has 0 spiro atoms. The third kappa shape index (κ3) is 5.68. The maximum absolute atomic E-state index is 13.3. The zero-order valence-electron chi connectivity index (χ0n) is 21.1. The van der Waals surface area contributed by atoms with E-state index in [4.69, 9.17) is 4.74 Å². The van der Waals surface area contributed by atoms with E-state index >= 15 is 0 Å². The number of anilines is 1. The van der Waals surface area contributed by atoms with Crippen molar-refractivity contribution in [2.45, 2.75) is 45.1 Å². The van der Waals surface area contributed by atoms with E-state index in [1.165, 1.54) is 18.4 Å². The maximum Gasteiger partial charge on any atom is 0.229 e. The zero-order chi connectivity index (χ0) is 25.6. The van der Waals surface area contributed by atoms with Crippen LogP contribution in [0, 0.1) is 11.3 Å². The van der Waals surface area contributed by atoms with Crippen LogP contribution in [0.3, 0.4) is 0 Å². The van der Waals surface area contributed by atoms with Crippen LogP contribution in [0.4, 0.5) is 5.69 Å². The molecule has 0 unspecified atom stereocenters. The number of allylic oxidation sites excluding steroid dienone is 1. The number of hydrogen-bond acceptors (Lipinski definition) is 5. The second-order valence-corrected chi connectivity index (χ2v) is 10.4. The van der Waals surface area contributed by atoms with E-state index in [1.54, 1.807) is 16.7 Å². The van der Waals surface area contributed by atoms with Crippen molar-refractivity contribution in [2.24, 2.45) is 0 Å². The summed E-state index contributed by atoms with van der Waals surface area (Å²) in [6.45, 7) is 3.18. The molecule has 1 saturated heterocycles. The molecule has 0 radical (unpaired) electrons. The summed E-state index contributed by atoms with van der Waals surface area (Å²) >= 11 is 1.58. The summed E-state index contributed by atoms with van der Waals surface area (Å²) in [5, 5.41) is 10.9. The van der Waals surface area contributed by atoms with Crippen molar-refractivity contribution in [3.05, 3.63) is 106 Å². The standard InChI is InChI=1S/C31H31N3O2S/c1-2-3-7-23-10-14-26(15-11-23)33-21-34-30(35)18-28(29(19-32)31(34)37-22-33)25-12-16-27(17-13-25)36-20-24-8-5-4-6-9-24/h4-6,8-17,28H,2-3,7,18,20-22H2,1H3/t28-/m1/s1. The molecule has 0 N–H and O–H groups in total. The number of amides is 1. The monoisotopic (exact) mass is 509 g/mol. The Morgan fingerprint density at radius 2 is 1.76 bits per heavy atom. The van der Waals surface area contributed by atoms with Gasteiger partial charge in [0.05, 0.1) is 29.2 Å². The van der Waals surface area contributed by atoms with Gasteiger partial charge in [0, 0.05) is 18.0 Å². The van der Waals surface area contributed by atoms with Crippen molar-refractivity contribution in [3.63, 3.8) is 0 Å². The van der Waals surface area contributed by atoms with E-state index in [0.717, 1.165) is 34.0 Å². The van der Waals surface area contributed by atoms with Crippen LogP contribution in [-0.4, -0.2) is 23.4 Å². The number of unbranched alkanes of at least 4 members (excludes halogenated alkanes) is 1. The Morgan fingerprint density at radius 1 is 1.00 bits per heavy atom. The lowest BCUT2D eigenvalue weighted by Crippen LogP contribution is -2.47. The van der Waals surface area contributed by atoms with E-state index in [0.29, 0.717) is 31.1 Å². The van der Waals surface area contributed by atoms with Crippen molar-refractivity contribution in [1.29, 1.82) is 5.26 Å². The average Bonchev–Trinajstić information content (AvgIpc) is 2.96. The first-order valence-electron chi connectivity index (χ1n) is 12.8. The van der Waals surface area contributed by atoms with Gasteiger partial charge in [0.15, 0.2) is 0 Å². The van der Waals surface area contributed by atoms with E-state index in [2.05, 4.69) is 42.2 Å². The summed E-state index contributed by atoms with van der Waals surface area (Å²) in [6.07, 6.45) is 3.76. The van der Waals surface area contributed by atoms with Crippen LogP contribution in [0.15, 0.2) is 89.5 Å². The van der Waals surface area contributed by atoms with Crippen molar-refractivity contribution < 1.29 is 9.53 Å². The van der Waals surface area contributed by atoms with Gasteiger partial charge in [0.2, 0.25) is 5.91 Å². The van der Waals surface area contributed by atoms with Gasteiger partial charge in [0.25, 0.3) is 0 Å². The summed E-state index contributed by atoms with van der Waals surface area (Å²) in [6, 6.07) is 28.9. The summed E-state index contributed by atoms with van der Waals surface area (Å²) in [7, 11) is 0. The molecule has 6 heteroatoms. The molecule has 3 aromatic carbocycles. The summed E-state index contributed by atoms with van der Waals surface area (Å²) in [5.74, 6) is 1.30. The van der Waals surface area contributed by atoms with Crippen LogP contribution in [0.25, 0.3) is 0 Å². The van der Waals surface area contributed by atoms with Crippen molar-refractivity contribution in [1.82, 2.24) is 4.90 Å². The normalized spacial score (nSPS) is 17.4.